The van der Waals surface area contributed by atoms with Crippen molar-refractivity contribution >= 4 is 17.4 Å². The minimum Gasteiger partial charge on any atom is -0.769 e. The monoisotopic (exact) mass is 811 g/mol. The molecule has 2 saturated heterocycles. The van der Waals surface area contributed by atoms with Gasteiger partial charge in [-0.05, 0) is 72.0 Å². The maximum absolute atomic E-state index is 8.94. The second-order valence-electron chi connectivity index (χ2n) is 15.0. The molecular formula is C39H55IrN3OS-4. The first-order valence-electron chi connectivity index (χ1n) is 19.5. The summed E-state index contributed by atoms with van der Waals surface area (Å²) in [6.07, 6.45) is 15.4. The normalized spacial score (nSPS) is 34.5. The van der Waals surface area contributed by atoms with Crippen molar-refractivity contribution in [3.8, 4) is 0 Å². The summed E-state index contributed by atoms with van der Waals surface area (Å²) in [6.45, 7) is 14.3. The number of allylic oxidation sites excluding steroid dienone is 5. The van der Waals surface area contributed by atoms with Crippen LogP contribution in [-0.2, 0) is 37.8 Å². The van der Waals surface area contributed by atoms with Crippen molar-refractivity contribution in [2.75, 3.05) is 6.54 Å². The number of rotatable bonds is 3. The molecule has 4 aliphatic heterocycles. The maximum Gasteiger partial charge on any atom is 0.138 e. The van der Waals surface area contributed by atoms with Gasteiger partial charge in [-0.25, -0.2) is 11.3 Å². The molecule has 1 aromatic heterocycles. The van der Waals surface area contributed by atoms with Crippen molar-refractivity contribution in [2.45, 2.75) is 125 Å². The number of nitrogens with one attached hydrogen (secondary N) is 1. The van der Waals surface area contributed by atoms with E-state index in [1.54, 1.807) is 11.3 Å². The SMILES string of the molecule is C[C@H]1C[C-]=C(C2=C[C@H](C)[C@H](C)C[N-]2)CC1.[2H]C([2H])([2H])[C@@H]1CCC2C(N1)OC1=C(C3=Cc4c(sc(C)c4C([2H])([2H])C(C)(C)C)C[N-]3)[CH-]CCC12.[Ir]. The predicted molar refractivity (Wildman–Crippen MR) is 186 cm³/mol. The van der Waals surface area contributed by atoms with Gasteiger partial charge in [0.15, 0.2) is 0 Å². The van der Waals surface area contributed by atoms with Gasteiger partial charge in [-0.3, -0.25) is 11.4 Å². The number of fused-ring (bicyclic) bond motifs is 4. The van der Waals surface area contributed by atoms with E-state index in [4.69, 9.17) is 16.9 Å². The van der Waals surface area contributed by atoms with E-state index < -0.39 is 24.7 Å². The molecule has 0 amide bonds. The summed E-state index contributed by atoms with van der Waals surface area (Å²) in [6, 6.07) is -0.529. The third-order valence-corrected chi connectivity index (χ3v) is 11.2. The Kier molecular flexibility index (Phi) is 9.10. The zero-order chi connectivity index (χ0) is 35.5. The van der Waals surface area contributed by atoms with Crippen LogP contribution in [0.4, 0.5) is 0 Å². The van der Waals surface area contributed by atoms with E-state index in [0.29, 0.717) is 24.8 Å². The molecule has 3 unspecified atom stereocenters. The van der Waals surface area contributed by atoms with Crippen molar-refractivity contribution in [1.82, 2.24) is 5.32 Å². The third kappa shape index (κ3) is 7.82. The summed E-state index contributed by atoms with van der Waals surface area (Å²) >= 11 is 1.65. The number of nitrogens with zero attached hydrogens (tertiary/aromatic N) is 2. The standard InChI is InChI=1S/C25H34N2OS.C14H21N.Ir/c1-14-9-10-17-16-7-6-8-18(23(16)28-24(17)27-14)21-11-19-20(12-25(3,4)5)15(2)29-22(19)13-26-21;1-10-4-6-13(7-5-10)14-8-11(2)12(3)9-15-14;/h8,11,14,16-17,24,27H,6-7,9-10,12-13H2,1-5H3;8,10-12H,4-6,9H2,1-3H3;/q2*-2;/t14-,16?,17?,24?;10-,11+,12-;/m11./s1/i1D3,12D2;;. The number of ether oxygens (including phenoxy) is 1. The van der Waals surface area contributed by atoms with Crippen molar-refractivity contribution in [3.63, 3.8) is 0 Å². The molecule has 6 heteroatoms. The minimum absolute atomic E-state index is 0. The Morgan fingerprint density at radius 1 is 1.16 bits per heavy atom. The number of thiophene rings is 1. The van der Waals surface area contributed by atoms with Crippen molar-refractivity contribution < 1.29 is 31.7 Å². The second kappa shape index (κ2) is 14.3. The van der Waals surface area contributed by atoms with Gasteiger partial charge in [-0.15, -0.1) is 36.9 Å². The topological polar surface area (TPSA) is 49.5 Å². The predicted octanol–water partition coefficient (Wildman–Crippen LogP) is 10.6. The summed E-state index contributed by atoms with van der Waals surface area (Å²) in [5.41, 5.74) is 5.73. The molecule has 251 valence electrons. The van der Waals surface area contributed by atoms with Crippen LogP contribution in [0.1, 0.15) is 121 Å². The Hall–Kier alpha value is -1.46. The van der Waals surface area contributed by atoms with Crippen molar-refractivity contribution in [2.24, 2.45) is 35.0 Å². The molecule has 0 bridgehead atoms. The molecule has 2 aliphatic carbocycles. The van der Waals surface area contributed by atoms with Gasteiger partial charge < -0.3 is 21.1 Å². The second-order valence-corrected chi connectivity index (χ2v) is 16.3. The van der Waals surface area contributed by atoms with E-state index in [2.05, 4.69) is 56.1 Å². The Morgan fingerprint density at radius 3 is 2.69 bits per heavy atom. The van der Waals surface area contributed by atoms with Crippen LogP contribution in [0, 0.1) is 54.4 Å². The Morgan fingerprint density at radius 2 is 1.98 bits per heavy atom. The van der Waals surface area contributed by atoms with Gasteiger partial charge in [0.05, 0.1) is 0 Å². The Labute approximate surface area is 298 Å². The largest absolute Gasteiger partial charge is 0.769 e. The zero-order valence-electron chi connectivity index (χ0n) is 33.2. The molecule has 1 N–H and O–H groups in total. The molecule has 1 aromatic rings. The average Bonchev–Trinajstić information content (AvgIpc) is 3.58. The van der Waals surface area contributed by atoms with Crippen LogP contribution in [0.2, 0.25) is 0 Å². The number of hydrogen-bond donors (Lipinski definition) is 1. The number of hydrogen-bond acceptors (Lipinski definition) is 3. The van der Waals surface area contributed by atoms with Crippen molar-refractivity contribution in [1.29, 1.82) is 0 Å². The molecule has 6 aliphatic rings. The third-order valence-electron chi connectivity index (χ3n) is 10.1. The summed E-state index contributed by atoms with van der Waals surface area (Å²) in [5.74, 6) is 3.69. The van der Waals surface area contributed by atoms with Crippen LogP contribution < -0.4 is 5.32 Å². The van der Waals surface area contributed by atoms with Crippen LogP contribution in [0.3, 0.4) is 0 Å². The number of aryl methyl sites for hydroxylation is 1. The molecule has 5 heterocycles. The summed E-state index contributed by atoms with van der Waals surface area (Å²) < 4.78 is 47.7. The molecule has 7 rings (SSSR count). The van der Waals surface area contributed by atoms with E-state index in [-0.39, 0.29) is 38.2 Å². The summed E-state index contributed by atoms with van der Waals surface area (Å²) in [7, 11) is 0. The van der Waals surface area contributed by atoms with Gasteiger partial charge in [0.1, 0.15) is 6.23 Å². The van der Waals surface area contributed by atoms with E-state index in [9.17, 15) is 0 Å². The number of piperidine rings is 1. The van der Waals surface area contributed by atoms with E-state index in [1.165, 1.54) is 24.1 Å². The Balaban J connectivity index is 0.000000255. The van der Waals surface area contributed by atoms with E-state index in [1.807, 2.05) is 27.7 Å². The molecule has 1 radical (unpaired) electrons. The molecular weight excluding hydrogens is 751 g/mol. The fourth-order valence-electron chi connectivity index (χ4n) is 7.31. The molecule has 0 spiro atoms. The molecule has 4 nitrogen and oxygen atoms in total. The molecule has 45 heavy (non-hydrogen) atoms. The summed E-state index contributed by atoms with van der Waals surface area (Å²) in [4.78, 5) is 2.13. The van der Waals surface area contributed by atoms with Gasteiger partial charge >= 0.3 is 0 Å². The van der Waals surface area contributed by atoms with Crippen LogP contribution in [-0.4, -0.2) is 18.8 Å². The smallest absolute Gasteiger partial charge is 0.138 e. The molecule has 7 atom stereocenters. The van der Waals surface area contributed by atoms with Gasteiger partial charge in [0, 0.05) is 43.8 Å². The molecule has 0 aromatic carbocycles. The zero-order valence-corrected chi connectivity index (χ0v) is 31.4. The maximum atomic E-state index is 8.94. The van der Waals surface area contributed by atoms with E-state index in [0.717, 1.165) is 76.1 Å². The van der Waals surface area contributed by atoms with Crippen LogP contribution in [0.25, 0.3) is 16.7 Å². The first-order chi connectivity index (χ1) is 23.0. The Bertz CT molecular complexity index is 1540. The van der Waals surface area contributed by atoms with Crippen LogP contribution in [0.5, 0.6) is 0 Å². The molecule has 2 fully saturated rings. The van der Waals surface area contributed by atoms with Crippen LogP contribution >= 0.6 is 11.3 Å². The van der Waals surface area contributed by atoms with Gasteiger partial charge in [0.2, 0.25) is 0 Å². The van der Waals surface area contributed by atoms with Crippen molar-refractivity contribution in [3.05, 3.63) is 78.4 Å². The van der Waals surface area contributed by atoms with E-state index >= 15 is 0 Å². The quantitative estimate of drug-likeness (QED) is 0.309. The minimum atomic E-state index is -2.03. The van der Waals surface area contributed by atoms with Gasteiger partial charge in [0.25, 0.3) is 0 Å². The first kappa shape index (κ1) is 28.5. The van der Waals surface area contributed by atoms with Gasteiger partial charge in [-0.2, -0.15) is 18.1 Å². The first-order valence-corrected chi connectivity index (χ1v) is 17.8. The molecule has 0 saturated carbocycles. The average molecular weight is 811 g/mol. The fourth-order valence-corrected chi connectivity index (χ4v) is 8.34. The fraction of sp³-hybridized carbons (Fsp3) is 0.667. The van der Waals surface area contributed by atoms with Gasteiger partial charge in [-0.1, -0.05) is 79.1 Å². The summed E-state index contributed by atoms with van der Waals surface area (Å²) in [5, 5.41) is 12.8. The van der Waals surface area contributed by atoms with Crippen LogP contribution in [0.15, 0.2) is 34.4 Å².